The van der Waals surface area contributed by atoms with Crippen molar-refractivity contribution in [3.63, 3.8) is 0 Å². The molecule has 3 atom stereocenters. The second-order valence-corrected chi connectivity index (χ2v) is 8.62. The maximum Gasteiger partial charge on any atom is 0.317 e. The molecule has 0 aromatic heterocycles. The number of rotatable bonds is 7. The first kappa shape index (κ1) is 21.2. The Kier molecular flexibility index (Phi) is 7.33. The second-order valence-electron chi connectivity index (χ2n) is 8.62. The van der Waals surface area contributed by atoms with E-state index in [1.165, 1.54) is 45.2 Å². The van der Waals surface area contributed by atoms with Gasteiger partial charge in [0.1, 0.15) is 6.61 Å². The molecule has 30 heavy (non-hydrogen) atoms. The molecular formula is C23H35N3O4. The SMILES string of the molecule is COCCN(C[C@@H]1CCCN2CCCC[C@H]12)C(=O)NCC1COc2ccccc2O1. The van der Waals surface area contributed by atoms with Gasteiger partial charge in [-0.1, -0.05) is 18.6 Å². The number of para-hydroxylation sites is 2. The first-order chi connectivity index (χ1) is 14.7. The number of benzene rings is 1. The van der Waals surface area contributed by atoms with E-state index in [1.807, 2.05) is 29.2 Å². The number of fused-ring (bicyclic) bond motifs is 2. The molecule has 2 fully saturated rings. The molecule has 1 N–H and O–H groups in total. The fourth-order valence-corrected chi connectivity index (χ4v) is 5.03. The van der Waals surface area contributed by atoms with Gasteiger partial charge in [-0.2, -0.15) is 0 Å². The quantitative estimate of drug-likeness (QED) is 0.739. The first-order valence-corrected chi connectivity index (χ1v) is 11.4. The zero-order valence-electron chi connectivity index (χ0n) is 18.1. The average Bonchev–Trinajstić information content (AvgIpc) is 2.80. The minimum atomic E-state index is -0.184. The Morgan fingerprint density at radius 3 is 2.90 bits per heavy atom. The van der Waals surface area contributed by atoms with E-state index in [0.717, 1.165) is 18.0 Å². The highest BCUT2D eigenvalue weighted by molar-refractivity contribution is 5.74. The number of carbonyl (C=O) groups is 1. The number of methoxy groups -OCH3 is 1. The van der Waals surface area contributed by atoms with Crippen molar-refractivity contribution in [1.29, 1.82) is 0 Å². The van der Waals surface area contributed by atoms with Crippen LogP contribution in [0.2, 0.25) is 0 Å². The van der Waals surface area contributed by atoms with Crippen LogP contribution in [0.1, 0.15) is 32.1 Å². The molecule has 3 aliphatic rings. The van der Waals surface area contributed by atoms with Gasteiger partial charge in [-0.15, -0.1) is 0 Å². The largest absolute Gasteiger partial charge is 0.486 e. The van der Waals surface area contributed by atoms with Crippen molar-refractivity contribution in [1.82, 2.24) is 15.1 Å². The standard InChI is InChI=1S/C23H35N3O4/c1-28-14-13-26(16-18-7-6-12-25-11-5-4-8-20(18)25)23(27)24-15-19-17-29-21-9-2-3-10-22(21)30-19/h2-3,9-10,18-20H,4-8,11-17H2,1H3,(H,24,27)/t18-,19?,20+/m0/s1. The molecule has 3 aliphatic heterocycles. The van der Waals surface area contributed by atoms with Gasteiger partial charge in [0.2, 0.25) is 0 Å². The summed E-state index contributed by atoms with van der Waals surface area (Å²) < 4.78 is 17.0. The van der Waals surface area contributed by atoms with Crippen molar-refractivity contribution in [3.8, 4) is 11.5 Å². The summed E-state index contributed by atoms with van der Waals surface area (Å²) in [6, 6.07) is 8.23. The number of hydrogen-bond acceptors (Lipinski definition) is 5. The van der Waals surface area contributed by atoms with E-state index in [1.54, 1.807) is 7.11 Å². The van der Waals surface area contributed by atoms with Crippen LogP contribution in [0.25, 0.3) is 0 Å². The van der Waals surface area contributed by atoms with E-state index >= 15 is 0 Å². The summed E-state index contributed by atoms with van der Waals surface area (Å²) in [6.45, 7) is 5.24. The number of carbonyl (C=O) groups excluding carboxylic acids is 1. The Morgan fingerprint density at radius 2 is 2.03 bits per heavy atom. The normalized spacial score (nSPS) is 26.0. The maximum absolute atomic E-state index is 13.0. The molecule has 2 saturated heterocycles. The molecule has 1 aromatic carbocycles. The van der Waals surface area contributed by atoms with Crippen molar-refractivity contribution in [3.05, 3.63) is 24.3 Å². The highest BCUT2D eigenvalue weighted by atomic mass is 16.6. The Morgan fingerprint density at radius 1 is 1.20 bits per heavy atom. The van der Waals surface area contributed by atoms with E-state index in [-0.39, 0.29) is 12.1 Å². The summed E-state index contributed by atoms with van der Waals surface area (Å²) in [5.74, 6) is 2.04. The van der Waals surface area contributed by atoms with E-state index < -0.39 is 0 Å². The van der Waals surface area contributed by atoms with Crippen LogP contribution in [0.5, 0.6) is 11.5 Å². The summed E-state index contributed by atoms with van der Waals surface area (Å²) in [5.41, 5.74) is 0. The zero-order chi connectivity index (χ0) is 20.8. The molecule has 4 rings (SSSR count). The maximum atomic E-state index is 13.0. The van der Waals surface area contributed by atoms with Gasteiger partial charge in [-0.25, -0.2) is 4.79 Å². The minimum Gasteiger partial charge on any atom is -0.486 e. The smallest absolute Gasteiger partial charge is 0.317 e. The van der Waals surface area contributed by atoms with Gasteiger partial charge in [0.15, 0.2) is 17.6 Å². The third-order valence-corrected chi connectivity index (χ3v) is 6.58. The molecule has 7 nitrogen and oxygen atoms in total. The van der Waals surface area contributed by atoms with Gasteiger partial charge in [0.25, 0.3) is 0 Å². The molecule has 0 saturated carbocycles. The first-order valence-electron chi connectivity index (χ1n) is 11.4. The van der Waals surface area contributed by atoms with Crippen LogP contribution in [0.3, 0.4) is 0 Å². The highest BCUT2D eigenvalue weighted by Gasteiger charge is 2.34. The van der Waals surface area contributed by atoms with Gasteiger partial charge >= 0.3 is 6.03 Å². The third-order valence-electron chi connectivity index (χ3n) is 6.58. The molecule has 1 unspecified atom stereocenters. The van der Waals surface area contributed by atoms with Gasteiger partial charge < -0.3 is 29.3 Å². The van der Waals surface area contributed by atoms with E-state index in [2.05, 4.69) is 10.2 Å². The molecule has 1 aromatic rings. The molecule has 3 heterocycles. The van der Waals surface area contributed by atoms with Crippen molar-refractivity contribution in [2.24, 2.45) is 5.92 Å². The second kappa shape index (κ2) is 10.4. The molecular weight excluding hydrogens is 382 g/mol. The summed E-state index contributed by atoms with van der Waals surface area (Å²) in [6.07, 6.45) is 6.13. The monoisotopic (exact) mass is 417 g/mol. The average molecular weight is 418 g/mol. The molecule has 0 spiro atoms. The highest BCUT2D eigenvalue weighted by Crippen LogP contribution is 2.32. The number of nitrogens with zero attached hydrogens (tertiary/aromatic N) is 2. The molecule has 7 heteroatoms. The van der Waals surface area contributed by atoms with Crippen LogP contribution in [0.15, 0.2) is 24.3 Å². The van der Waals surface area contributed by atoms with Crippen molar-refractivity contribution in [2.45, 2.75) is 44.2 Å². The Labute approximate surface area is 179 Å². The summed E-state index contributed by atoms with van der Waals surface area (Å²) in [7, 11) is 1.68. The summed E-state index contributed by atoms with van der Waals surface area (Å²) >= 11 is 0. The van der Waals surface area contributed by atoms with Gasteiger partial charge in [0, 0.05) is 26.2 Å². The van der Waals surface area contributed by atoms with Gasteiger partial charge in [-0.05, 0) is 56.8 Å². The zero-order valence-corrected chi connectivity index (χ0v) is 18.1. The van der Waals surface area contributed by atoms with Gasteiger partial charge in [0.05, 0.1) is 13.2 Å². The number of piperidine rings is 2. The molecule has 0 bridgehead atoms. The predicted octanol–water partition coefficient (Wildman–Crippen LogP) is 2.75. The predicted molar refractivity (Wildman–Crippen MR) is 115 cm³/mol. The fraction of sp³-hybridized carbons (Fsp3) is 0.696. The summed E-state index contributed by atoms with van der Waals surface area (Å²) in [5, 5.41) is 3.07. The lowest BCUT2D eigenvalue weighted by molar-refractivity contribution is 0.0413. The van der Waals surface area contributed by atoms with Crippen LogP contribution >= 0.6 is 0 Å². The van der Waals surface area contributed by atoms with Crippen molar-refractivity contribution >= 4 is 6.03 Å². The Bertz CT molecular complexity index is 699. The van der Waals surface area contributed by atoms with Crippen molar-refractivity contribution < 1.29 is 19.0 Å². The van der Waals surface area contributed by atoms with Crippen molar-refractivity contribution in [2.75, 3.05) is 53.0 Å². The molecule has 0 aliphatic carbocycles. The molecule has 166 valence electrons. The lowest BCUT2D eigenvalue weighted by Gasteiger charge is -2.45. The minimum absolute atomic E-state index is 0.0394. The number of nitrogens with one attached hydrogen (secondary N) is 1. The van der Waals surface area contributed by atoms with Crippen LogP contribution in [0, 0.1) is 5.92 Å². The van der Waals surface area contributed by atoms with Crippen LogP contribution in [-0.4, -0.2) is 81.0 Å². The van der Waals surface area contributed by atoms with E-state index in [4.69, 9.17) is 14.2 Å². The Hall–Kier alpha value is -1.99. The van der Waals surface area contributed by atoms with Crippen LogP contribution < -0.4 is 14.8 Å². The fourth-order valence-electron chi connectivity index (χ4n) is 5.03. The topological polar surface area (TPSA) is 63.3 Å². The van der Waals surface area contributed by atoms with E-state index in [9.17, 15) is 4.79 Å². The van der Waals surface area contributed by atoms with Gasteiger partial charge in [-0.3, -0.25) is 0 Å². The molecule has 0 radical (unpaired) electrons. The third kappa shape index (κ3) is 5.19. The van der Waals surface area contributed by atoms with Crippen LogP contribution in [-0.2, 0) is 4.74 Å². The molecule has 2 amide bonds. The Balaban J connectivity index is 1.32. The summed E-state index contributed by atoms with van der Waals surface area (Å²) in [4.78, 5) is 17.6. The van der Waals surface area contributed by atoms with E-state index in [0.29, 0.717) is 38.3 Å². The number of urea groups is 1. The number of amides is 2. The number of ether oxygens (including phenoxy) is 3. The number of hydrogen-bond donors (Lipinski definition) is 1. The van der Waals surface area contributed by atoms with Crippen LogP contribution in [0.4, 0.5) is 4.79 Å². The lowest BCUT2D eigenvalue weighted by atomic mass is 9.83. The lowest BCUT2D eigenvalue weighted by Crippen LogP contribution is -2.54.